The van der Waals surface area contributed by atoms with Crippen LogP contribution in [0.2, 0.25) is 0 Å². The van der Waals surface area contributed by atoms with Gasteiger partial charge < -0.3 is 14.5 Å². The molecule has 1 aromatic heterocycles. The molecule has 0 unspecified atom stereocenters. The molecule has 0 spiro atoms. The van der Waals surface area contributed by atoms with E-state index in [9.17, 15) is 18.0 Å². The molecule has 0 bridgehead atoms. The van der Waals surface area contributed by atoms with Crippen molar-refractivity contribution in [2.75, 3.05) is 36.1 Å². The van der Waals surface area contributed by atoms with Crippen LogP contribution in [0.15, 0.2) is 36.5 Å². The molecular formula is C23H25F3N4O2S. The molecule has 4 rings (SSSR count). The Morgan fingerprint density at radius 3 is 2.45 bits per heavy atom. The first-order chi connectivity index (χ1) is 15.5. The number of halogens is 3. The van der Waals surface area contributed by atoms with Gasteiger partial charge in [-0.3, -0.25) is 9.69 Å². The number of aryl methyl sites for hydroxylation is 1. The van der Waals surface area contributed by atoms with Crippen molar-refractivity contribution in [3.63, 3.8) is 0 Å². The molecule has 2 aromatic rings. The van der Waals surface area contributed by atoms with E-state index in [0.29, 0.717) is 19.8 Å². The Morgan fingerprint density at radius 2 is 1.85 bits per heavy atom. The topological polar surface area (TPSA) is 48.9 Å². The molecule has 2 aliphatic rings. The van der Waals surface area contributed by atoms with Gasteiger partial charge in [0.25, 0.3) is 5.91 Å². The molecule has 0 N–H and O–H groups in total. The summed E-state index contributed by atoms with van der Waals surface area (Å²) in [4.78, 5) is 22.8. The van der Waals surface area contributed by atoms with Crippen LogP contribution in [0.25, 0.3) is 0 Å². The highest BCUT2D eigenvalue weighted by Crippen LogP contribution is 2.38. The van der Waals surface area contributed by atoms with Crippen molar-refractivity contribution in [3.05, 3.63) is 53.2 Å². The number of morpholine rings is 1. The van der Waals surface area contributed by atoms with Gasteiger partial charge in [0, 0.05) is 25.8 Å². The number of hydrogen-bond acceptors (Lipinski definition) is 5. The number of carbonyl (C=O) groups is 1. The van der Waals surface area contributed by atoms with E-state index in [0.717, 1.165) is 30.5 Å². The quantitative estimate of drug-likeness (QED) is 0.616. The molecule has 2 fully saturated rings. The third-order valence-corrected chi connectivity index (χ3v) is 6.50. The molecule has 33 heavy (non-hydrogen) atoms. The first-order valence-electron chi connectivity index (χ1n) is 10.6. The monoisotopic (exact) mass is 478 g/mol. The van der Waals surface area contributed by atoms with Gasteiger partial charge in [-0.2, -0.15) is 13.2 Å². The van der Waals surface area contributed by atoms with E-state index in [1.807, 2.05) is 12.1 Å². The predicted octanol–water partition coefficient (Wildman–Crippen LogP) is 4.16. The highest BCUT2D eigenvalue weighted by atomic mass is 32.1. The van der Waals surface area contributed by atoms with Crippen LogP contribution in [0.5, 0.6) is 0 Å². The summed E-state index contributed by atoms with van der Waals surface area (Å²) < 4.78 is 45.7. The zero-order chi connectivity index (χ0) is 24.0. The Hall–Kier alpha value is -2.72. The summed E-state index contributed by atoms with van der Waals surface area (Å²) in [6.45, 7) is 8.00. The smallest absolute Gasteiger partial charge is 0.378 e. The second-order valence-electron chi connectivity index (χ2n) is 8.69. The van der Waals surface area contributed by atoms with Crippen molar-refractivity contribution in [1.29, 1.82) is 0 Å². The Balaban J connectivity index is 1.58. The lowest BCUT2D eigenvalue weighted by atomic mass is 10.0. The van der Waals surface area contributed by atoms with Gasteiger partial charge in [-0.15, -0.1) is 0 Å². The summed E-state index contributed by atoms with van der Waals surface area (Å²) in [5.41, 5.74) is -0.763. The maximum atomic E-state index is 13.4. The van der Waals surface area contributed by atoms with Gasteiger partial charge in [0.05, 0.1) is 24.5 Å². The molecule has 6 nitrogen and oxygen atoms in total. The van der Waals surface area contributed by atoms with Crippen LogP contribution in [0, 0.1) is 6.92 Å². The van der Waals surface area contributed by atoms with Crippen LogP contribution in [0.4, 0.5) is 24.7 Å². The summed E-state index contributed by atoms with van der Waals surface area (Å²) >= 11 is 5.57. The fourth-order valence-electron chi connectivity index (χ4n) is 4.06. The van der Waals surface area contributed by atoms with Crippen molar-refractivity contribution in [1.82, 2.24) is 9.88 Å². The average molecular weight is 479 g/mol. The van der Waals surface area contributed by atoms with E-state index in [4.69, 9.17) is 17.0 Å². The molecule has 1 amide bonds. The number of alkyl halides is 3. The van der Waals surface area contributed by atoms with Crippen molar-refractivity contribution >= 4 is 34.7 Å². The van der Waals surface area contributed by atoms with E-state index in [-0.39, 0.29) is 22.3 Å². The van der Waals surface area contributed by atoms with Crippen molar-refractivity contribution in [3.8, 4) is 0 Å². The summed E-state index contributed by atoms with van der Waals surface area (Å²) in [5, 5.41) is 0.166. The highest BCUT2D eigenvalue weighted by molar-refractivity contribution is 7.80. The second kappa shape index (κ2) is 8.57. The van der Waals surface area contributed by atoms with Gasteiger partial charge in [0.1, 0.15) is 11.4 Å². The minimum atomic E-state index is -4.52. The van der Waals surface area contributed by atoms with Gasteiger partial charge in [-0.25, -0.2) is 4.98 Å². The number of hydrogen-bond donors (Lipinski definition) is 0. The molecule has 2 aliphatic heterocycles. The van der Waals surface area contributed by atoms with Crippen LogP contribution >= 0.6 is 12.2 Å². The number of nitrogens with zero attached hydrogens (tertiary/aromatic N) is 4. The number of ether oxygens (including phenoxy) is 1. The molecule has 0 saturated carbocycles. The zero-order valence-corrected chi connectivity index (χ0v) is 19.5. The van der Waals surface area contributed by atoms with Gasteiger partial charge in [0.2, 0.25) is 0 Å². The Morgan fingerprint density at radius 1 is 1.15 bits per heavy atom. The van der Waals surface area contributed by atoms with Crippen LogP contribution in [0.1, 0.15) is 30.5 Å². The number of thiocarbonyl (C=S) groups is 1. The fraction of sp³-hybridized carbons (Fsp3) is 0.435. The number of pyridine rings is 1. The van der Waals surface area contributed by atoms with Crippen LogP contribution < -0.4 is 9.80 Å². The van der Waals surface area contributed by atoms with E-state index < -0.39 is 17.3 Å². The maximum Gasteiger partial charge on any atom is 0.416 e. The van der Waals surface area contributed by atoms with Crippen LogP contribution in [-0.2, 0) is 22.3 Å². The number of carbonyl (C=O) groups excluding carboxylic acids is 1. The number of rotatable bonds is 4. The molecule has 0 radical (unpaired) electrons. The van der Waals surface area contributed by atoms with Crippen molar-refractivity contribution in [2.45, 2.75) is 39.0 Å². The zero-order valence-electron chi connectivity index (χ0n) is 18.6. The predicted molar refractivity (Wildman–Crippen MR) is 123 cm³/mol. The molecule has 0 aliphatic carbocycles. The Bertz CT molecular complexity index is 1070. The van der Waals surface area contributed by atoms with Crippen LogP contribution in [-0.4, -0.2) is 52.7 Å². The first kappa shape index (κ1) is 23.4. The van der Waals surface area contributed by atoms with Crippen molar-refractivity contribution in [2.24, 2.45) is 0 Å². The number of amides is 1. The SMILES string of the molecule is Cc1ccc(N2C(=O)C(C)(C)N(Cc3ccc(N4CCOCC4)nc3)C2=S)cc1C(F)(F)F. The second-order valence-corrected chi connectivity index (χ2v) is 9.05. The third-order valence-electron chi connectivity index (χ3n) is 6.09. The van der Waals surface area contributed by atoms with Crippen molar-refractivity contribution < 1.29 is 22.7 Å². The number of aromatic nitrogens is 1. The minimum Gasteiger partial charge on any atom is -0.378 e. The number of benzene rings is 1. The molecule has 176 valence electrons. The minimum absolute atomic E-state index is 0.0892. The molecule has 0 atom stereocenters. The summed E-state index contributed by atoms with van der Waals surface area (Å²) in [7, 11) is 0. The highest BCUT2D eigenvalue weighted by Gasteiger charge is 2.49. The number of anilines is 2. The molecular weight excluding hydrogens is 453 g/mol. The van der Waals surface area contributed by atoms with E-state index in [1.54, 1.807) is 24.9 Å². The maximum absolute atomic E-state index is 13.4. The van der Waals surface area contributed by atoms with Gasteiger partial charge >= 0.3 is 6.18 Å². The molecule has 3 heterocycles. The van der Waals surface area contributed by atoms with Gasteiger partial charge in [-0.05, 0) is 62.3 Å². The summed E-state index contributed by atoms with van der Waals surface area (Å²) in [6, 6.07) is 7.68. The lowest BCUT2D eigenvalue weighted by Gasteiger charge is -2.30. The lowest BCUT2D eigenvalue weighted by Crippen LogP contribution is -2.43. The van der Waals surface area contributed by atoms with Gasteiger partial charge in [-0.1, -0.05) is 12.1 Å². The Kier molecular flexibility index (Phi) is 6.09. The first-order valence-corrected chi connectivity index (χ1v) is 11.0. The molecule has 2 saturated heterocycles. The van der Waals surface area contributed by atoms with E-state index in [2.05, 4.69) is 9.88 Å². The van der Waals surface area contributed by atoms with E-state index >= 15 is 0 Å². The molecule has 10 heteroatoms. The molecule has 1 aromatic carbocycles. The Labute approximate surface area is 195 Å². The standard InChI is InChI=1S/C23H25F3N4O2S/c1-15-4-6-17(12-18(15)23(24,25)26)30-20(31)22(2,3)29(21(30)33)14-16-5-7-19(27-13-16)28-8-10-32-11-9-28/h4-7,12-13H,8-11,14H2,1-3H3. The normalized spacial score (nSPS) is 18.9. The third kappa shape index (κ3) is 4.41. The average Bonchev–Trinajstić information content (AvgIpc) is 2.94. The van der Waals surface area contributed by atoms with Crippen LogP contribution in [0.3, 0.4) is 0 Å². The van der Waals surface area contributed by atoms with Gasteiger partial charge in [0.15, 0.2) is 5.11 Å². The van der Waals surface area contributed by atoms with E-state index in [1.165, 1.54) is 24.0 Å². The summed E-state index contributed by atoms with van der Waals surface area (Å²) in [5.74, 6) is 0.477. The summed E-state index contributed by atoms with van der Waals surface area (Å²) in [6.07, 6.45) is -2.78. The largest absolute Gasteiger partial charge is 0.416 e. The lowest BCUT2D eigenvalue weighted by molar-refractivity contribution is -0.138. The fourth-order valence-corrected chi connectivity index (χ4v) is 4.54.